The zero-order valence-corrected chi connectivity index (χ0v) is 14.5. The van der Waals surface area contributed by atoms with Crippen molar-refractivity contribution < 1.29 is 4.74 Å². The summed E-state index contributed by atoms with van der Waals surface area (Å²) in [6, 6.07) is 16.7. The van der Waals surface area contributed by atoms with Gasteiger partial charge in [0.2, 0.25) is 0 Å². The molecule has 2 nitrogen and oxygen atoms in total. The Bertz CT molecular complexity index is 1060. The Balaban J connectivity index is 1.88. The first-order chi connectivity index (χ1) is 11.6. The van der Waals surface area contributed by atoms with Crippen LogP contribution in [0.25, 0.3) is 21.7 Å². The maximum atomic E-state index is 6.55. The quantitative estimate of drug-likeness (QED) is 0.348. The van der Waals surface area contributed by atoms with Crippen LogP contribution >= 0.6 is 34.8 Å². The van der Waals surface area contributed by atoms with Gasteiger partial charge in [-0.25, -0.2) is 0 Å². The van der Waals surface area contributed by atoms with Gasteiger partial charge in [-0.3, -0.25) is 4.98 Å². The molecule has 0 atom stereocenters. The minimum atomic E-state index is 0.470. The monoisotopic (exact) mass is 373 g/mol. The molecule has 0 aliphatic rings. The average molecular weight is 375 g/mol. The molecule has 0 bridgehead atoms. The molecular formula is C19H10Cl3NO. The average Bonchev–Trinajstić information content (AvgIpc) is 2.60. The second kappa shape index (κ2) is 6.14. The molecule has 0 N–H and O–H groups in total. The van der Waals surface area contributed by atoms with E-state index in [1.165, 1.54) is 0 Å². The number of hydrogen-bond acceptors (Lipinski definition) is 2. The summed E-state index contributed by atoms with van der Waals surface area (Å²) in [5.74, 6) is 1.10. The molecule has 0 fully saturated rings. The summed E-state index contributed by atoms with van der Waals surface area (Å²) < 4.78 is 5.83. The van der Waals surface area contributed by atoms with Gasteiger partial charge in [0.1, 0.15) is 5.75 Å². The van der Waals surface area contributed by atoms with Crippen molar-refractivity contribution in [2.45, 2.75) is 0 Å². The largest absolute Gasteiger partial charge is 0.454 e. The molecule has 5 heteroatoms. The zero-order chi connectivity index (χ0) is 16.7. The predicted molar refractivity (Wildman–Crippen MR) is 101 cm³/mol. The van der Waals surface area contributed by atoms with E-state index in [-0.39, 0.29) is 0 Å². The fourth-order valence-electron chi connectivity index (χ4n) is 2.64. The highest BCUT2D eigenvalue weighted by molar-refractivity contribution is 6.41. The second-order valence-corrected chi connectivity index (χ2v) is 6.51. The first kappa shape index (κ1) is 15.5. The molecule has 0 unspecified atom stereocenters. The highest BCUT2D eigenvalue weighted by Gasteiger charge is 2.13. The fraction of sp³-hybridized carbons (Fsp3) is 0. The van der Waals surface area contributed by atoms with E-state index >= 15 is 0 Å². The number of ether oxygens (including phenoxy) is 1. The van der Waals surface area contributed by atoms with Crippen molar-refractivity contribution in [3.05, 3.63) is 75.9 Å². The first-order valence-electron chi connectivity index (χ1n) is 7.22. The Morgan fingerprint density at radius 2 is 1.50 bits per heavy atom. The Morgan fingerprint density at radius 3 is 2.25 bits per heavy atom. The second-order valence-electron chi connectivity index (χ2n) is 5.29. The van der Waals surface area contributed by atoms with Crippen LogP contribution in [-0.2, 0) is 0 Å². The van der Waals surface area contributed by atoms with Crippen molar-refractivity contribution in [1.29, 1.82) is 0 Å². The molecule has 24 heavy (non-hydrogen) atoms. The highest BCUT2D eigenvalue weighted by atomic mass is 35.5. The summed E-state index contributed by atoms with van der Waals surface area (Å²) in [6.45, 7) is 0. The predicted octanol–water partition coefficient (Wildman–Crippen LogP) is 7.14. The van der Waals surface area contributed by atoms with Gasteiger partial charge in [0, 0.05) is 26.2 Å². The van der Waals surface area contributed by atoms with Gasteiger partial charge < -0.3 is 4.74 Å². The summed E-state index contributed by atoms with van der Waals surface area (Å²) in [7, 11) is 0. The van der Waals surface area contributed by atoms with Crippen LogP contribution in [0.2, 0.25) is 15.1 Å². The molecule has 0 saturated heterocycles. The normalized spacial score (nSPS) is 11.1. The van der Waals surface area contributed by atoms with E-state index in [0.717, 1.165) is 21.7 Å². The summed E-state index contributed by atoms with van der Waals surface area (Å²) >= 11 is 18.8. The molecular weight excluding hydrogens is 365 g/mol. The third-order valence-electron chi connectivity index (χ3n) is 3.77. The van der Waals surface area contributed by atoms with Gasteiger partial charge in [0.15, 0.2) is 5.75 Å². The van der Waals surface area contributed by atoms with Crippen molar-refractivity contribution in [3.8, 4) is 11.5 Å². The van der Waals surface area contributed by atoms with E-state index < -0.39 is 0 Å². The van der Waals surface area contributed by atoms with E-state index in [1.807, 2.05) is 30.3 Å². The lowest BCUT2D eigenvalue weighted by Crippen LogP contribution is -1.90. The maximum absolute atomic E-state index is 6.55. The fourth-order valence-corrected chi connectivity index (χ4v) is 3.27. The van der Waals surface area contributed by atoms with Crippen LogP contribution in [0.15, 0.2) is 60.8 Å². The molecule has 0 spiro atoms. The van der Waals surface area contributed by atoms with Crippen molar-refractivity contribution in [3.63, 3.8) is 0 Å². The number of nitrogens with zero attached hydrogens (tertiary/aromatic N) is 1. The molecule has 4 aromatic rings. The van der Waals surface area contributed by atoms with Gasteiger partial charge in [-0.1, -0.05) is 59.1 Å². The smallest absolute Gasteiger partial charge is 0.164 e. The van der Waals surface area contributed by atoms with E-state index in [9.17, 15) is 0 Å². The Kier molecular flexibility index (Phi) is 3.97. The maximum Gasteiger partial charge on any atom is 0.164 e. The molecule has 3 aromatic carbocycles. The number of aromatic nitrogens is 1. The van der Waals surface area contributed by atoms with Crippen LogP contribution in [0.4, 0.5) is 0 Å². The SMILES string of the molecule is Clc1ccc(Oc2cnc3c(cc(Cl)c4ccccc43)c2Cl)cc1. The standard InChI is InChI=1S/C19H10Cl3NO/c20-11-5-7-12(8-6-11)24-17-10-23-19-14-4-2-1-3-13(14)16(21)9-15(19)18(17)22/h1-10H. The van der Waals surface area contributed by atoms with Gasteiger partial charge in [0.25, 0.3) is 0 Å². The van der Waals surface area contributed by atoms with Crippen LogP contribution in [0.3, 0.4) is 0 Å². The number of rotatable bonds is 2. The van der Waals surface area contributed by atoms with E-state index in [2.05, 4.69) is 4.98 Å². The summed E-state index contributed by atoms with van der Waals surface area (Å²) in [4.78, 5) is 4.53. The van der Waals surface area contributed by atoms with Crippen LogP contribution in [0.5, 0.6) is 11.5 Å². The number of halogens is 3. The molecule has 1 heterocycles. The third kappa shape index (κ3) is 2.67. The van der Waals surface area contributed by atoms with Crippen LogP contribution in [-0.4, -0.2) is 4.98 Å². The van der Waals surface area contributed by atoms with Gasteiger partial charge in [-0.2, -0.15) is 0 Å². The number of benzene rings is 3. The topological polar surface area (TPSA) is 22.1 Å². The molecule has 4 rings (SSSR count). The molecule has 118 valence electrons. The summed E-state index contributed by atoms with van der Waals surface area (Å²) in [5.41, 5.74) is 0.795. The zero-order valence-electron chi connectivity index (χ0n) is 12.3. The van der Waals surface area contributed by atoms with Crippen molar-refractivity contribution >= 4 is 56.5 Å². The molecule has 1 aromatic heterocycles. The van der Waals surface area contributed by atoms with Crippen molar-refractivity contribution in [2.75, 3.05) is 0 Å². The lowest BCUT2D eigenvalue weighted by molar-refractivity contribution is 0.481. The minimum Gasteiger partial charge on any atom is -0.454 e. The lowest BCUT2D eigenvalue weighted by Gasteiger charge is -2.11. The number of hydrogen-bond donors (Lipinski definition) is 0. The highest BCUT2D eigenvalue weighted by Crippen LogP contribution is 2.39. The van der Waals surface area contributed by atoms with Crippen LogP contribution in [0.1, 0.15) is 0 Å². The Labute approximate surface area is 153 Å². The molecule has 0 aliphatic heterocycles. The third-order valence-corrected chi connectivity index (χ3v) is 4.73. The van der Waals surface area contributed by atoms with Crippen LogP contribution in [0, 0.1) is 0 Å². The lowest BCUT2D eigenvalue weighted by atomic mass is 10.1. The van der Waals surface area contributed by atoms with E-state index in [0.29, 0.717) is 26.6 Å². The molecule has 0 aliphatic carbocycles. The number of fused-ring (bicyclic) bond motifs is 3. The van der Waals surface area contributed by atoms with Crippen LogP contribution < -0.4 is 4.74 Å². The number of pyridine rings is 1. The first-order valence-corrected chi connectivity index (χ1v) is 8.36. The van der Waals surface area contributed by atoms with Crippen molar-refractivity contribution in [1.82, 2.24) is 4.98 Å². The molecule has 0 amide bonds. The van der Waals surface area contributed by atoms with Gasteiger partial charge in [-0.15, -0.1) is 0 Å². The van der Waals surface area contributed by atoms with E-state index in [1.54, 1.807) is 30.5 Å². The van der Waals surface area contributed by atoms with Gasteiger partial charge in [-0.05, 0) is 30.3 Å². The summed E-state index contributed by atoms with van der Waals surface area (Å²) in [6.07, 6.45) is 1.62. The Hall–Kier alpha value is -2.00. The summed E-state index contributed by atoms with van der Waals surface area (Å²) in [5, 5.41) is 4.41. The van der Waals surface area contributed by atoms with Gasteiger partial charge in [0.05, 0.1) is 16.7 Å². The van der Waals surface area contributed by atoms with E-state index in [4.69, 9.17) is 39.5 Å². The minimum absolute atomic E-state index is 0.470. The van der Waals surface area contributed by atoms with Gasteiger partial charge >= 0.3 is 0 Å². The molecule has 0 radical (unpaired) electrons. The molecule has 0 saturated carbocycles. The van der Waals surface area contributed by atoms with Crippen molar-refractivity contribution in [2.24, 2.45) is 0 Å². The Morgan fingerprint density at radius 1 is 0.792 bits per heavy atom.